The molecule has 1 aliphatic heterocycles. The minimum absolute atomic E-state index is 0.0654. The fourth-order valence-electron chi connectivity index (χ4n) is 2.28. The Bertz CT molecular complexity index is 493. The van der Waals surface area contributed by atoms with Gasteiger partial charge in [0.15, 0.2) is 0 Å². The smallest absolute Gasteiger partial charge is 0.250 e. The molecule has 102 valence electrons. The second-order valence-electron chi connectivity index (χ2n) is 5.36. The average Bonchev–Trinajstić information content (AvgIpc) is 2.37. The molecule has 2 rings (SSSR count). The van der Waals surface area contributed by atoms with Crippen LogP contribution in [0.3, 0.4) is 0 Å². The van der Waals surface area contributed by atoms with Crippen LogP contribution in [0.1, 0.15) is 39.2 Å². The van der Waals surface area contributed by atoms with Crippen LogP contribution in [0.15, 0.2) is 24.3 Å². The number of hydrogen-bond acceptors (Lipinski definition) is 2. The first-order chi connectivity index (χ1) is 8.91. The molecule has 1 heterocycles. The number of carbonyl (C=O) groups excluding carboxylic acids is 2. The standard InChI is InChI=1S/C15H20N2O2/c1-9(2)12-5-7-13(8-6-12)17-11(4)14(18)16-10(3)15(17)19/h5-11H,1-4H3,(H,16,18). The van der Waals surface area contributed by atoms with Gasteiger partial charge >= 0.3 is 0 Å². The van der Waals surface area contributed by atoms with Crippen LogP contribution in [0.5, 0.6) is 0 Å². The summed E-state index contributed by atoms with van der Waals surface area (Å²) < 4.78 is 0. The Balaban J connectivity index is 2.32. The van der Waals surface area contributed by atoms with Gasteiger partial charge in [-0.2, -0.15) is 0 Å². The predicted octanol–water partition coefficient (Wildman–Crippen LogP) is 2.05. The van der Waals surface area contributed by atoms with Crippen molar-refractivity contribution in [3.05, 3.63) is 29.8 Å². The molecule has 0 bridgehead atoms. The Morgan fingerprint density at radius 1 is 1.11 bits per heavy atom. The molecule has 1 fully saturated rings. The second-order valence-corrected chi connectivity index (χ2v) is 5.36. The highest BCUT2D eigenvalue weighted by atomic mass is 16.2. The van der Waals surface area contributed by atoms with E-state index < -0.39 is 12.1 Å². The molecule has 0 aromatic heterocycles. The van der Waals surface area contributed by atoms with E-state index in [1.54, 1.807) is 18.7 Å². The Kier molecular flexibility index (Phi) is 3.60. The van der Waals surface area contributed by atoms with Crippen LogP contribution in [-0.2, 0) is 9.59 Å². The van der Waals surface area contributed by atoms with Crippen molar-refractivity contribution in [1.82, 2.24) is 5.32 Å². The van der Waals surface area contributed by atoms with Crippen LogP contribution in [0.2, 0.25) is 0 Å². The molecule has 19 heavy (non-hydrogen) atoms. The maximum absolute atomic E-state index is 12.2. The van der Waals surface area contributed by atoms with Crippen molar-refractivity contribution in [3.8, 4) is 0 Å². The molecular weight excluding hydrogens is 240 g/mol. The molecule has 4 heteroatoms. The van der Waals surface area contributed by atoms with E-state index in [0.29, 0.717) is 5.92 Å². The van der Waals surface area contributed by atoms with Crippen molar-refractivity contribution in [2.45, 2.75) is 45.7 Å². The first-order valence-corrected chi connectivity index (χ1v) is 6.65. The lowest BCUT2D eigenvalue weighted by molar-refractivity contribution is -0.133. The summed E-state index contributed by atoms with van der Waals surface area (Å²) in [6.07, 6.45) is 0. The third kappa shape index (κ3) is 2.48. The van der Waals surface area contributed by atoms with Gasteiger partial charge in [0, 0.05) is 5.69 Å². The number of carbonyl (C=O) groups is 2. The van der Waals surface area contributed by atoms with Crippen molar-refractivity contribution in [1.29, 1.82) is 0 Å². The summed E-state index contributed by atoms with van der Waals surface area (Å²) in [7, 11) is 0. The minimum Gasteiger partial charge on any atom is -0.343 e. The van der Waals surface area contributed by atoms with E-state index in [9.17, 15) is 9.59 Å². The van der Waals surface area contributed by atoms with Gasteiger partial charge in [-0.3, -0.25) is 14.5 Å². The van der Waals surface area contributed by atoms with E-state index in [2.05, 4.69) is 19.2 Å². The largest absolute Gasteiger partial charge is 0.343 e. The maximum Gasteiger partial charge on any atom is 0.250 e. The fourth-order valence-corrected chi connectivity index (χ4v) is 2.28. The molecule has 2 unspecified atom stereocenters. The van der Waals surface area contributed by atoms with E-state index in [0.717, 1.165) is 5.69 Å². The normalized spacial score (nSPS) is 23.7. The Hall–Kier alpha value is -1.84. The summed E-state index contributed by atoms with van der Waals surface area (Å²) in [5, 5.41) is 2.68. The number of anilines is 1. The van der Waals surface area contributed by atoms with Gasteiger partial charge in [0.1, 0.15) is 12.1 Å². The maximum atomic E-state index is 12.2. The van der Waals surface area contributed by atoms with E-state index in [4.69, 9.17) is 0 Å². The molecule has 4 nitrogen and oxygen atoms in total. The average molecular weight is 260 g/mol. The molecule has 0 aliphatic carbocycles. The van der Waals surface area contributed by atoms with Crippen LogP contribution >= 0.6 is 0 Å². The van der Waals surface area contributed by atoms with Crippen molar-refractivity contribution in [2.24, 2.45) is 0 Å². The molecule has 1 saturated heterocycles. The van der Waals surface area contributed by atoms with Crippen molar-refractivity contribution >= 4 is 17.5 Å². The third-order valence-electron chi connectivity index (χ3n) is 3.57. The fraction of sp³-hybridized carbons (Fsp3) is 0.467. The summed E-state index contributed by atoms with van der Waals surface area (Å²) in [5.41, 5.74) is 2.00. The quantitative estimate of drug-likeness (QED) is 0.884. The molecule has 1 aromatic rings. The van der Waals surface area contributed by atoms with Gasteiger partial charge in [0.25, 0.3) is 0 Å². The van der Waals surface area contributed by atoms with E-state index in [-0.39, 0.29) is 11.8 Å². The zero-order chi connectivity index (χ0) is 14.2. The number of nitrogens with one attached hydrogen (secondary N) is 1. The number of amides is 2. The second kappa shape index (κ2) is 5.03. The summed E-state index contributed by atoms with van der Waals surface area (Å²) >= 11 is 0. The van der Waals surface area contributed by atoms with Crippen LogP contribution in [0.4, 0.5) is 5.69 Å². The van der Waals surface area contributed by atoms with Gasteiger partial charge in [-0.1, -0.05) is 26.0 Å². The van der Waals surface area contributed by atoms with Crippen molar-refractivity contribution < 1.29 is 9.59 Å². The summed E-state index contributed by atoms with van der Waals surface area (Å²) in [4.78, 5) is 25.6. The molecule has 0 saturated carbocycles. The number of benzene rings is 1. The van der Waals surface area contributed by atoms with E-state index in [1.165, 1.54) is 5.56 Å². The molecule has 1 aromatic carbocycles. The monoisotopic (exact) mass is 260 g/mol. The number of piperazine rings is 1. The summed E-state index contributed by atoms with van der Waals surface area (Å²) in [5.74, 6) is 0.273. The Labute approximate surface area is 113 Å². The van der Waals surface area contributed by atoms with E-state index >= 15 is 0 Å². The molecule has 0 radical (unpaired) electrons. The lowest BCUT2D eigenvalue weighted by atomic mass is 10.0. The Morgan fingerprint density at radius 3 is 2.21 bits per heavy atom. The molecule has 2 atom stereocenters. The van der Waals surface area contributed by atoms with Crippen LogP contribution < -0.4 is 10.2 Å². The van der Waals surface area contributed by atoms with Crippen LogP contribution in [-0.4, -0.2) is 23.9 Å². The van der Waals surface area contributed by atoms with Crippen molar-refractivity contribution in [2.75, 3.05) is 4.90 Å². The summed E-state index contributed by atoms with van der Waals surface area (Å²) in [6.45, 7) is 7.70. The zero-order valence-electron chi connectivity index (χ0n) is 11.8. The van der Waals surface area contributed by atoms with E-state index in [1.807, 2.05) is 24.3 Å². The van der Waals surface area contributed by atoms with Crippen LogP contribution in [0, 0.1) is 0 Å². The highest BCUT2D eigenvalue weighted by Gasteiger charge is 2.36. The Morgan fingerprint density at radius 2 is 1.68 bits per heavy atom. The first kappa shape index (κ1) is 13.6. The highest BCUT2D eigenvalue weighted by molar-refractivity contribution is 6.07. The lowest BCUT2D eigenvalue weighted by Gasteiger charge is -2.36. The minimum atomic E-state index is -0.464. The molecule has 1 aliphatic rings. The first-order valence-electron chi connectivity index (χ1n) is 6.65. The third-order valence-corrected chi connectivity index (χ3v) is 3.57. The van der Waals surface area contributed by atoms with Gasteiger partial charge in [-0.15, -0.1) is 0 Å². The molecule has 2 amide bonds. The summed E-state index contributed by atoms with van der Waals surface area (Å²) in [6, 6.07) is 6.92. The van der Waals surface area contributed by atoms with Gasteiger partial charge in [0.2, 0.25) is 11.8 Å². The number of hydrogen-bond donors (Lipinski definition) is 1. The van der Waals surface area contributed by atoms with Gasteiger partial charge in [-0.05, 0) is 37.5 Å². The van der Waals surface area contributed by atoms with Gasteiger partial charge in [-0.25, -0.2) is 0 Å². The molecule has 1 N–H and O–H groups in total. The zero-order valence-corrected chi connectivity index (χ0v) is 11.8. The molecule has 0 spiro atoms. The highest BCUT2D eigenvalue weighted by Crippen LogP contribution is 2.24. The van der Waals surface area contributed by atoms with Crippen LogP contribution in [0.25, 0.3) is 0 Å². The number of rotatable bonds is 2. The molecular formula is C15H20N2O2. The van der Waals surface area contributed by atoms with Gasteiger partial charge in [0.05, 0.1) is 0 Å². The van der Waals surface area contributed by atoms with Crippen molar-refractivity contribution in [3.63, 3.8) is 0 Å². The SMILES string of the molecule is CC1NC(=O)C(C)N(c2ccc(C(C)C)cc2)C1=O. The lowest BCUT2D eigenvalue weighted by Crippen LogP contribution is -2.61. The predicted molar refractivity (Wildman–Crippen MR) is 75.1 cm³/mol. The topological polar surface area (TPSA) is 49.4 Å². The number of nitrogens with zero attached hydrogens (tertiary/aromatic N) is 1. The van der Waals surface area contributed by atoms with Gasteiger partial charge < -0.3 is 5.32 Å².